The van der Waals surface area contributed by atoms with Crippen molar-refractivity contribution >= 4 is 28.2 Å². The highest BCUT2D eigenvalue weighted by molar-refractivity contribution is 6.35. The molecule has 1 fully saturated rings. The average Bonchev–Trinajstić information content (AvgIpc) is 2.49. The topological polar surface area (TPSA) is 24.9 Å². The molecule has 20 heavy (non-hydrogen) atoms. The fourth-order valence-electron chi connectivity index (χ4n) is 3.07. The van der Waals surface area contributed by atoms with E-state index in [-0.39, 0.29) is 0 Å². The van der Waals surface area contributed by atoms with Crippen LogP contribution in [0.25, 0.3) is 10.9 Å². The number of nitrogens with one attached hydrogen (secondary N) is 1. The number of rotatable bonds is 3. The Kier molecular flexibility index (Phi) is 4.11. The minimum Gasteiger partial charge on any atom is -0.383 e. The molecule has 2 nitrogen and oxygen atoms in total. The Hall–Kier alpha value is -1.28. The molecular weight excluding hydrogens is 268 g/mol. The normalized spacial score (nSPS) is 22.9. The molecule has 1 aliphatic carbocycles. The number of fused-ring (bicyclic) bond motifs is 1. The number of pyridine rings is 1. The van der Waals surface area contributed by atoms with Crippen molar-refractivity contribution in [1.82, 2.24) is 4.98 Å². The monoisotopic (exact) mass is 288 g/mol. The van der Waals surface area contributed by atoms with Gasteiger partial charge in [0.1, 0.15) is 0 Å². The maximum atomic E-state index is 6.23. The number of hydrogen-bond acceptors (Lipinski definition) is 2. The molecule has 1 saturated carbocycles. The first-order valence-corrected chi connectivity index (χ1v) is 7.89. The Labute approximate surface area is 125 Å². The van der Waals surface area contributed by atoms with Gasteiger partial charge in [-0.15, -0.1) is 0 Å². The van der Waals surface area contributed by atoms with Gasteiger partial charge in [0.05, 0.1) is 16.2 Å². The number of halogens is 1. The van der Waals surface area contributed by atoms with Crippen molar-refractivity contribution in [2.24, 2.45) is 11.8 Å². The predicted molar refractivity (Wildman–Crippen MR) is 86.4 cm³/mol. The van der Waals surface area contributed by atoms with Crippen LogP contribution < -0.4 is 5.32 Å². The average molecular weight is 289 g/mol. The number of nitrogens with zero attached hydrogens (tertiary/aromatic N) is 1. The highest BCUT2D eigenvalue weighted by Gasteiger charge is 2.18. The second kappa shape index (κ2) is 6.01. The van der Waals surface area contributed by atoms with Gasteiger partial charge in [0.15, 0.2) is 0 Å². The third kappa shape index (κ3) is 2.90. The van der Waals surface area contributed by atoms with Crippen LogP contribution in [0.5, 0.6) is 0 Å². The van der Waals surface area contributed by atoms with Crippen molar-refractivity contribution in [1.29, 1.82) is 0 Å². The summed E-state index contributed by atoms with van der Waals surface area (Å²) >= 11 is 6.23. The first-order valence-electron chi connectivity index (χ1n) is 7.51. The van der Waals surface area contributed by atoms with E-state index in [1.807, 2.05) is 30.5 Å². The van der Waals surface area contributed by atoms with Crippen LogP contribution in [0.1, 0.15) is 32.6 Å². The van der Waals surface area contributed by atoms with Gasteiger partial charge in [-0.05, 0) is 48.9 Å². The molecule has 3 rings (SSSR count). The van der Waals surface area contributed by atoms with Gasteiger partial charge in [-0.1, -0.05) is 31.4 Å². The van der Waals surface area contributed by atoms with Crippen LogP contribution >= 0.6 is 11.6 Å². The van der Waals surface area contributed by atoms with E-state index in [1.54, 1.807) is 0 Å². The van der Waals surface area contributed by atoms with Crippen molar-refractivity contribution in [2.45, 2.75) is 32.6 Å². The Bertz CT molecular complexity index is 589. The summed E-state index contributed by atoms with van der Waals surface area (Å²) in [7, 11) is 0. The van der Waals surface area contributed by atoms with Crippen molar-refractivity contribution in [2.75, 3.05) is 11.9 Å². The summed E-state index contributed by atoms with van der Waals surface area (Å²) in [6.45, 7) is 3.40. The standard InChI is InChI=1S/C17H21ClN2/c1-12-4-6-13(7-5-12)11-20-16-9-8-15(18)14-3-2-10-19-17(14)16/h2-3,8-10,12-13,20H,4-7,11H2,1H3. The van der Waals surface area contributed by atoms with Crippen LogP contribution in [-0.2, 0) is 0 Å². The Morgan fingerprint density at radius 2 is 2.00 bits per heavy atom. The largest absolute Gasteiger partial charge is 0.383 e. The summed E-state index contributed by atoms with van der Waals surface area (Å²) in [6, 6.07) is 7.96. The first kappa shape index (κ1) is 13.7. The number of benzene rings is 1. The molecule has 106 valence electrons. The second-order valence-corrected chi connectivity index (χ2v) is 6.41. The summed E-state index contributed by atoms with van der Waals surface area (Å²) in [5, 5.41) is 5.37. The Morgan fingerprint density at radius 1 is 1.20 bits per heavy atom. The zero-order valence-electron chi connectivity index (χ0n) is 11.9. The molecule has 1 aliphatic rings. The molecule has 0 unspecified atom stereocenters. The van der Waals surface area contributed by atoms with E-state index in [0.29, 0.717) is 0 Å². The molecule has 0 amide bonds. The molecule has 1 heterocycles. The van der Waals surface area contributed by atoms with Crippen molar-refractivity contribution in [3.63, 3.8) is 0 Å². The first-order chi connectivity index (χ1) is 9.74. The van der Waals surface area contributed by atoms with E-state index in [1.165, 1.54) is 25.7 Å². The molecule has 1 aromatic heterocycles. The SMILES string of the molecule is CC1CCC(CNc2ccc(Cl)c3cccnc23)CC1. The van der Waals surface area contributed by atoms with E-state index in [0.717, 1.165) is 40.0 Å². The predicted octanol–water partition coefficient (Wildman–Crippen LogP) is 5.13. The lowest BCUT2D eigenvalue weighted by molar-refractivity contribution is 0.300. The van der Waals surface area contributed by atoms with E-state index < -0.39 is 0 Å². The summed E-state index contributed by atoms with van der Waals surface area (Å²) in [6.07, 6.45) is 7.24. The minimum absolute atomic E-state index is 0.769. The highest BCUT2D eigenvalue weighted by Crippen LogP contribution is 2.31. The van der Waals surface area contributed by atoms with E-state index in [9.17, 15) is 0 Å². The number of hydrogen-bond donors (Lipinski definition) is 1. The van der Waals surface area contributed by atoms with Crippen LogP contribution in [0.2, 0.25) is 5.02 Å². The third-order valence-electron chi connectivity index (χ3n) is 4.43. The lowest BCUT2D eigenvalue weighted by Gasteiger charge is -2.26. The van der Waals surface area contributed by atoms with Gasteiger partial charge < -0.3 is 5.32 Å². The van der Waals surface area contributed by atoms with E-state index in [2.05, 4.69) is 17.2 Å². The lowest BCUT2D eigenvalue weighted by atomic mass is 9.83. The van der Waals surface area contributed by atoms with Gasteiger partial charge in [-0.2, -0.15) is 0 Å². The summed E-state index contributed by atoms with van der Waals surface area (Å²) in [4.78, 5) is 4.47. The zero-order valence-corrected chi connectivity index (χ0v) is 12.7. The molecule has 1 N–H and O–H groups in total. The van der Waals surface area contributed by atoms with Gasteiger partial charge in [-0.25, -0.2) is 0 Å². The lowest BCUT2D eigenvalue weighted by Crippen LogP contribution is -2.20. The van der Waals surface area contributed by atoms with Crippen LogP contribution in [0, 0.1) is 11.8 Å². The van der Waals surface area contributed by atoms with Gasteiger partial charge in [0, 0.05) is 18.1 Å². The number of aromatic nitrogens is 1. The molecular formula is C17H21ClN2. The second-order valence-electron chi connectivity index (χ2n) is 6.00. The van der Waals surface area contributed by atoms with Gasteiger partial charge in [0.25, 0.3) is 0 Å². The molecule has 1 aromatic carbocycles. The number of anilines is 1. The molecule has 2 aromatic rings. The zero-order chi connectivity index (χ0) is 13.9. The smallest absolute Gasteiger partial charge is 0.0948 e. The van der Waals surface area contributed by atoms with Crippen molar-refractivity contribution in [3.05, 3.63) is 35.5 Å². The quantitative estimate of drug-likeness (QED) is 0.847. The van der Waals surface area contributed by atoms with Crippen LogP contribution in [0.15, 0.2) is 30.5 Å². The summed E-state index contributed by atoms with van der Waals surface area (Å²) in [5.41, 5.74) is 2.08. The van der Waals surface area contributed by atoms with Crippen LogP contribution in [0.3, 0.4) is 0 Å². The molecule has 0 aliphatic heterocycles. The van der Waals surface area contributed by atoms with Gasteiger partial charge >= 0.3 is 0 Å². The minimum atomic E-state index is 0.769. The van der Waals surface area contributed by atoms with E-state index in [4.69, 9.17) is 11.6 Å². The highest BCUT2D eigenvalue weighted by atomic mass is 35.5. The molecule has 0 spiro atoms. The van der Waals surface area contributed by atoms with Crippen molar-refractivity contribution < 1.29 is 0 Å². The molecule has 0 radical (unpaired) electrons. The molecule has 0 saturated heterocycles. The van der Waals surface area contributed by atoms with E-state index >= 15 is 0 Å². The molecule has 0 atom stereocenters. The summed E-state index contributed by atoms with van der Waals surface area (Å²) in [5.74, 6) is 1.70. The maximum absolute atomic E-state index is 6.23. The van der Waals surface area contributed by atoms with Gasteiger partial charge in [-0.3, -0.25) is 4.98 Å². The maximum Gasteiger partial charge on any atom is 0.0948 e. The fourth-order valence-corrected chi connectivity index (χ4v) is 3.28. The van der Waals surface area contributed by atoms with Crippen LogP contribution in [0.4, 0.5) is 5.69 Å². The Balaban J connectivity index is 1.73. The third-order valence-corrected chi connectivity index (χ3v) is 4.76. The fraction of sp³-hybridized carbons (Fsp3) is 0.471. The molecule has 0 bridgehead atoms. The summed E-state index contributed by atoms with van der Waals surface area (Å²) < 4.78 is 0. The van der Waals surface area contributed by atoms with Gasteiger partial charge in [0.2, 0.25) is 0 Å². The Morgan fingerprint density at radius 3 is 2.80 bits per heavy atom. The van der Waals surface area contributed by atoms with Crippen LogP contribution in [-0.4, -0.2) is 11.5 Å². The molecule has 3 heteroatoms. The van der Waals surface area contributed by atoms with Crippen molar-refractivity contribution in [3.8, 4) is 0 Å².